The van der Waals surface area contributed by atoms with Crippen molar-refractivity contribution >= 4 is 11.2 Å². The zero-order valence-corrected chi connectivity index (χ0v) is 10.5. The Morgan fingerprint density at radius 1 is 1.45 bits per heavy atom. The van der Waals surface area contributed by atoms with E-state index in [-0.39, 0.29) is 5.88 Å². The summed E-state index contributed by atoms with van der Waals surface area (Å²) in [5.74, 6) is 0.275. The van der Waals surface area contributed by atoms with Gasteiger partial charge in [0.2, 0.25) is 5.88 Å². The Hall–Kier alpha value is -1.84. The van der Waals surface area contributed by atoms with Crippen LogP contribution in [0.25, 0.3) is 11.2 Å². The highest BCUT2D eigenvalue weighted by molar-refractivity contribution is 5.76. The van der Waals surface area contributed by atoms with Crippen LogP contribution >= 0.6 is 0 Å². The molecule has 1 aliphatic heterocycles. The summed E-state index contributed by atoms with van der Waals surface area (Å²) in [6.07, 6.45) is -2.53. The zero-order chi connectivity index (χ0) is 14.3. The topological polar surface area (TPSA) is 103 Å². The third-order valence-corrected chi connectivity index (χ3v) is 3.26. The summed E-state index contributed by atoms with van der Waals surface area (Å²) in [5.41, 5.74) is 0.736. The molecule has 0 radical (unpaired) electrons. The van der Waals surface area contributed by atoms with Crippen LogP contribution in [0.5, 0.6) is 5.88 Å². The van der Waals surface area contributed by atoms with Crippen molar-refractivity contribution in [3.8, 4) is 5.88 Å². The molecule has 1 aliphatic rings. The summed E-state index contributed by atoms with van der Waals surface area (Å²) in [7, 11) is 1.45. The maximum Gasteiger partial charge on any atom is 0.245 e. The first-order valence-corrected chi connectivity index (χ1v) is 5.97. The normalized spacial score (nSPS) is 30.0. The van der Waals surface area contributed by atoms with Gasteiger partial charge in [0.05, 0.1) is 20.0 Å². The van der Waals surface area contributed by atoms with Gasteiger partial charge in [0.15, 0.2) is 23.6 Å². The summed E-state index contributed by atoms with van der Waals surface area (Å²) in [5, 5.41) is 18.9. The van der Waals surface area contributed by atoms with Gasteiger partial charge in [-0.2, -0.15) is 4.98 Å². The first kappa shape index (κ1) is 13.2. The fourth-order valence-corrected chi connectivity index (χ4v) is 2.25. The fourth-order valence-electron chi connectivity index (χ4n) is 2.25. The summed E-state index contributed by atoms with van der Waals surface area (Å²) in [4.78, 5) is 12.0. The molecule has 0 spiro atoms. The van der Waals surface area contributed by atoms with Crippen molar-refractivity contribution in [2.75, 3.05) is 13.7 Å². The molecular weight excluding hydrogens is 271 g/mol. The number of halogens is 1. The van der Waals surface area contributed by atoms with E-state index in [9.17, 15) is 9.50 Å². The molecule has 0 aliphatic carbocycles. The average molecular weight is 284 g/mol. The van der Waals surface area contributed by atoms with Crippen molar-refractivity contribution in [1.29, 1.82) is 0 Å². The fraction of sp³-hybridized carbons (Fsp3) is 0.545. The number of ether oxygens (including phenoxy) is 2. The molecule has 1 saturated heterocycles. The van der Waals surface area contributed by atoms with E-state index in [4.69, 9.17) is 14.6 Å². The Bertz CT molecular complexity index is 621. The lowest BCUT2D eigenvalue weighted by atomic mass is 10.1. The van der Waals surface area contributed by atoms with Crippen molar-refractivity contribution < 1.29 is 24.1 Å². The molecule has 0 aromatic carbocycles. The summed E-state index contributed by atoms with van der Waals surface area (Å²) < 4.78 is 25.5. The van der Waals surface area contributed by atoms with E-state index >= 15 is 0 Å². The number of hydrogen-bond donors (Lipinski definition) is 2. The van der Waals surface area contributed by atoms with Gasteiger partial charge in [-0.3, -0.25) is 4.57 Å². The lowest BCUT2D eigenvalue weighted by Crippen LogP contribution is -2.29. The molecule has 0 bridgehead atoms. The van der Waals surface area contributed by atoms with Gasteiger partial charge in [0.25, 0.3) is 0 Å². The van der Waals surface area contributed by atoms with E-state index in [1.165, 1.54) is 24.3 Å². The van der Waals surface area contributed by atoms with Crippen LogP contribution in [0.2, 0.25) is 0 Å². The van der Waals surface area contributed by atoms with E-state index in [0.717, 1.165) is 0 Å². The van der Waals surface area contributed by atoms with Crippen molar-refractivity contribution in [3.05, 3.63) is 12.7 Å². The molecule has 1 fully saturated rings. The molecule has 4 atom stereocenters. The average Bonchev–Trinajstić information content (AvgIpc) is 3.01. The zero-order valence-electron chi connectivity index (χ0n) is 10.5. The van der Waals surface area contributed by atoms with Gasteiger partial charge in [-0.1, -0.05) is 0 Å². The smallest absolute Gasteiger partial charge is 0.245 e. The minimum Gasteiger partial charge on any atom is -0.479 e. The van der Waals surface area contributed by atoms with Crippen LogP contribution in [-0.4, -0.2) is 61.8 Å². The van der Waals surface area contributed by atoms with Gasteiger partial charge in [-0.15, -0.1) is 0 Å². The number of aromatic nitrogens is 4. The van der Waals surface area contributed by atoms with Gasteiger partial charge in [-0.05, 0) is 0 Å². The largest absolute Gasteiger partial charge is 0.479 e. The standard InChI is InChI=1S/C11H13FN4O4/c1-19-10-7-9(13-3-14-10)16(4-15-7)11-8(18)6(12)5(2-17)20-11/h3-6,8,11,17-18H,2H2,1H3/t5-,6?,8+,11-/m1/s1. The van der Waals surface area contributed by atoms with E-state index in [1.54, 1.807) is 0 Å². The third-order valence-electron chi connectivity index (χ3n) is 3.26. The molecule has 3 heterocycles. The number of nitrogens with zero attached hydrogens (tertiary/aromatic N) is 4. The number of hydrogen-bond acceptors (Lipinski definition) is 7. The second kappa shape index (κ2) is 4.93. The van der Waals surface area contributed by atoms with Crippen LogP contribution in [0.3, 0.4) is 0 Å². The molecule has 2 aromatic rings. The van der Waals surface area contributed by atoms with E-state index in [2.05, 4.69) is 15.0 Å². The Labute approximate surface area is 112 Å². The minimum atomic E-state index is -1.67. The number of aliphatic hydroxyl groups is 2. The SMILES string of the molecule is COc1ncnc2c1ncn2[C@@H]1O[C@H](CO)C(F)[C@@H]1O. The number of alkyl halides is 1. The monoisotopic (exact) mass is 284 g/mol. The van der Waals surface area contributed by atoms with Gasteiger partial charge in [0.1, 0.15) is 18.5 Å². The molecule has 2 N–H and O–H groups in total. The maximum atomic E-state index is 13.7. The molecule has 0 amide bonds. The van der Waals surface area contributed by atoms with Crippen molar-refractivity contribution in [2.24, 2.45) is 0 Å². The van der Waals surface area contributed by atoms with E-state index < -0.39 is 31.2 Å². The van der Waals surface area contributed by atoms with Gasteiger partial charge in [0, 0.05) is 0 Å². The van der Waals surface area contributed by atoms with Crippen LogP contribution in [-0.2, 0) is 4.74 Å². The van der Waals surface area contributed by atoms with E-state index in [0.29, 0.717) is 11.2 Å². The second-order valence-corrected chi connectivity index (χ2v) is 4.39. The van der Waals surface area contributed by atoms with Crippen molar-refractivity contribution in [3.63, 3.8) is 0 Å². The Balaban J connectivity index is 2.03. The molecule has 108 valence electrons. The number of imidazole rings is 1. The molecule has 9 heteroatoms. The van der Waals surface area contributed by atoms with Crippen LogP contribution in [0.1, 0.15) is 6.23 Å². The highest BCUT2D eigenvalue weighted by Gasteiger charge is 2.45. The van der Waals surface area contributed by atoms with Crippen LogP contribution < -0.4 is 4.74 Å². The lowest BCUT2D eigenvalue weighted by molar-refractivity contribution is -0.0495. The molecule has 8 nitrogen and oxygen atoms in total. The van der Waals surface area contributed by atoms with Crippen molar-refractivity contribution in [2.45, 2.75) is 24.6 Å². The summed E-state index contributed by atoms with van der Waals surface area (Å²) >= 11 is 0. The van der Waals surface area contributed by atoms with Gasteiger partial charge in [-0.25, -0.2) is 14.4 Å². The Morgan fingerprint density at radius 2 is 2.25 bits per heavy atom. The molecule has 2 aromatic heterocycles. The number of fused-ring (bicyclic) bond motifs is 1. The lowest BCUT2D eigenvalue weighted by Gasteiger charge is -2.16. The molecule has 20 heavy (non-hydrogen) atoms. The Morgan fingerprint density at radius 3 is 2.90 bits per heavy atom. The molecule has 0 saturated carbocycles. The molecular formula is C11H13FN4O4. The predicted molar refractivity (Wildman–Crippen MR) is 63.8 cm³/mol. The number of aliphatic hydroxyl groups excluding tert-OH is 2. The number of rotatable bonds is 3. The van der Waals surface area contributed by atoms with Crippen molar-refractivity contribution in [1.82, 2.24) is 19.5 Å². The number of methoxy groups -OCH3 is 1. The van der Waals surface area contributed by atoms with Gasteiger partial charge >= 0.3 is 0 Å². The first-order valence-electron chi connectivity index (χ1n) is 5.97. The first-order chi connectivity index (χ1) is 9.67. The van der Waals surface area contributed by atoms with Gasteiger partial charge < -0.3 is 19.7 Å². The van der Waals surface area contributed by atoms with Crippen LogP contribution in [0, 0.1) is 0 Å². The minimum absolute atomic E-state index is 0.275. The highest BCUT2D eigenvalue weighted by atomic mass is 19.1. The Kier molecular flexibility index (Phi) is 3.24. The molecule has 1 unspecified atom stereocenters. The van der Waals surface area contributed by atoms with Crippen LogP contribution in [0.4, 0.5) is 4.39 Å². The van der Waals surface area contributed by atoms with E-state index in [1.807, 2.05) is 0 Å². The quantitative estimate of drug-likeness (QED) is 0.777. The predicted octanol–water partition coefficient (Wildman–Crippen LogP) is -0.576. The maximum absolute atomic E-state index is 13.7. The summed E-state index contributed by atoms with van der Waals surface area (Å²) in [6.45, 7) is -0.514. The second-order valence-electron chi connectivity index (χ2n) is 4.39. The molecule has 3 rings (SSSR count). The third kappa shape index (κ3) is 1.82. The highest BCUT2D eigenvalue weighted by Crippen LogP contribution is 2.33. The summed E-state index contributed by atoms with van der Waals surface area (Å²) in [6, 6.07) is 0. The van der Waals surface area contributed by atoms with Crippen LogP contribution in [0.15, 0.2) is 12.7 Å².